The first-order chi connectivity index (χ1) is 3.77. The first-order valence-corrected chi connectivity index (χ1v) is 2.44. The zero-order valence-electron chi connectivity index (χ0n) is 4.83. The minimum Gasteiger partial charge on any atom is -0.365 e. The van der Waals surface area contributed by atoms with Gasteiger partial charge in [-0.1, -0.05) is 6.08 Å². The standard InChI is InChI=1S/C5H11NO2/c1-6-4-2-3-5(7)8/h2-3,5-8H,4H2,1H3. The largest absolute Gasteiger partial charge is 0.365 e. The van der Waals surface area contributed by atoms with Gasteiger partial charge < -0.3 is 15.5 Å². The smallest absolute Gasteiger partial charge is 0.171 e. The van der Waals surface area contributed by atoms with Crippen LogP contribution in [-0.4, -0.2) is 30.1 Å². The molecule has 0 aliphatic rings. The fourth-order valence-corrected chi connectivity index (χ4v) is 0.308. The van der Waals surface area contributed by atoms with Crippen LogP contribution in [0.2, 0.25) is 0 Å². The monoisotopic (exact) mass is 117 g/mol. The lowest BCUT2D eigenvalue weighted by Crippen LogP contribution is -2.06. The van der Waals surface area contributed by atoms with Gasteiger partial charge in [-0.15, -0.1) is 0 Å². The first kappa shape index (κ1) is 7.62. The zero-order valence-corrected chi connectivity index (χ0v) is 4.83. The third-order valence-corrected chi connectivity index (χ3v) is 0.630. The molecule has 0 aromatic rings. The number of nitrogens with one attached hydrogen (secondary N) is 1. The predicted octanol–water partition coefficient (Wildman–Crippen LogP) is -0.927. The maximum atomic E-state index is 8.22. The summed E-state index contributed by atoms with van der Waals surface area (Å²) in [5, 5.41) is 19.3. The highest BCUT2D eigenvalue weighted by molar-refractivity contribution is 4.84. The third-order valence-electron chi connectivity index (χ3n) is 0.630. The fourth-order valence-electron chi connectivity index (χ4n) is 0.308. The van der Waals surface area contributed by atoms with Crippen molar-refractivity contribution in [2.75, 3.05) is 13.6 Å². The van der Waals surface area contributed by atoms with Crippen LogP contribution in [0.4, 0.5) is 0 Å². The van der Waals surface area contributed by atoms with E-state index in [-0.39, 0.29) is 0 Å². The van der Waals surface area contributed by atoms with E-state index >= 15 is 0 Å². The van der Waals surface area contributed by atoms with Gasteiger partial charge in [-0.3, -0.25) is 0 Å². The molecule has 8 heavy (non-hydrogen) atoms. The average Bonchev–Trinajstić information content (AvgIpc) is 1.66. The Kier molecular flexibility index (Phi) is 4.54. The molecule has 0 fully saturated rings. The van der Waals surface area contributed by atoms with Crippen molar-refractivity contribution in [3.05, 3.63) is 12.2 Å². The number of likely N-dealkylation sites (N-methyl/N-ethyl adjacent to an activating group) is 1. The Hall–Kier alpha value is -0.380. The van der Waals surface area contributed by atoms with E-state index in [1.54, 1.807) is 13.1 Å². The summed E-state index contributed by atoms with van der Waals surface area (Å²) in [6.07, 6.45) is 1.63. The molecule has 0 spiro atoms. The number of rotatable bonds is 3. The molecule has 0 rings (SSSR count). The second-order valence-corrected chi connectivity index (χ2v) is 1.40. The van der Waals surface area contributed by atoms with E-state index in [0.29, 0.717) is 6.54 Å². The van der Waals surface area contributed by atoms with E-state index in [0.717, 1.165) is 0 Å². The highest BCUT2D eigenvalue weighted by Gasteiger charge is 1.82. The third kappa shape index (κ3) is 5.62. The molecule has 0 atom stereocenters. The van der Waals surface area contributed by atoms with Crippen LogP contribution >= 0.6 is 0 Å². The molecule has 0 aliphatic carbocycles. The molecular weight excluding hydrogens is 106 g/mol. The molecule has 0 aliphatic heterocycles. The maximum Gasteiger partial charge on any atom is 0.171 e. The maximum absolute atomic E-state index is 8.22. The molecule has 0 amide bonds. The van der Waals surface area contributed by atoms with Crippen LogP contribution in [0.5, 0.6) is 0 Å². The van der Waals surface area contributed by atoms with Crippen molar-refractivity contribution in [1.82, 2.24) is 5.32 Å². The number of hydrogen-bond acceptors (Lipinski definition) is 3. The van der Waals surface area contributed by atoms with Gasteiger partial charge in [0.1, 0.15) is 0 Å². The molecule has 0 aromatic carbocycles. The lowest BCUT2D eigenvalue weighted by molar-refractivity contribution is 0.00221. The van der Waals surface area contributed by atoms with Gasteiger partial charge in [0, 0.05) is 6.54 Å². The second kappa shape index (κ2) is 4.77. The van der Waals surface area contributed by atoms with Crippen LogP contribution in [0.3, 0.4) is 0 Å². The molecule has 0 bridgehead atoms. The molecule has 3 heteroatoms. The van der Waals surface area contributed by atoms with Crippen molar-refractivity contribution in [1.29, 1.82) is 0 Å². The Labute approximate surface area is 48.6 Å². The van der Waals surface area contributed by atoms with Gasteiger partial charge in [0.2, 0.25) is 0 Å². The van der Waals surface area contributed by atoms with E-state index in [9.17, 15) is 0 Å². The molecule has 0 saturated heterocycles. The summed E-state index contributed by atoms with van der Waals surface area (Å²) in [5.74, 6) is 0. The van der Waals surface area contributed by atoms with Gasteiger partial charge in [-0.2, -0.15) is 0 Å². The van der Waals surface area contributed by atoms with Gasteiger partial charge in [0.25, 0.3) is 0 Å². The molecule has 0 radical (unpaired) electrons. The summed E-state index contributed by atoms with van der Waals surface area (Å²) >= 11 is 0. The number of aliphatic hydroxyl groups excluding tert-OH is 1. The van der Waals surface area contributed by atoms with Crippen molar-refractivity contribution < 1.29 is 10.2 Å². The van der Waals surface area contributed by atoms with Crippen molar-refractivity contribution in [2.45, 2.75) is 6.29 Å². The SMILES string of the molecule is CNCC=CC(O)O. The van der Waals surface area contributed by atoms with Crippen LogP contribution in [-0.2, 0) is 0 Å². The number of aliphatic hydroxyl groups is 2. The average molecular weight is 117 g/mol. The molecule has 0 aromatic heterocycles. The van der Waals surface area contributed by atoms with Gasteiger partial charge in [0.05, 0.1) is 0 Å². The van der Waals surface area contributed by atoms with Crippen molar-refractivity contribution in [3.8, 4) is 0 Å². The summed E-state index contributed by atoms with van der Waals surface area (Å²) in [6, 6.07) is 0. The normalized spacial score (nSPS) is 11.5. The molecule has 0 saturated carbocycles. The summed E-state index contributed by atoms with van der Waals surface area (Å²) in [7, 11) is 1.79. The zero-order chi connectivity index (χ0) is 6.41. The Balaban J connectivity index is 3.07. The van der Waals surface area contributed by atoms with Crippen LogP contribution < -0.4 is 5.32 Å². The highest BCUT2D eigenvalue weighted by atomic mass is 16.5. The molecular formula is C5H11NO2. The van der Waals surface area contributed by atoms with Gasteiger partial charge >= 0.3 is 0 Å². The van der Waals surface area contributed by atoms with Gasteiger partial charge in [0.15, 0.2) is 6.29 Å². The highest BCUT2D eigenvalue weighted by Crippen LogP contribution is 1.75. The quantitative estimate of drug-likeness (QED) is 0.331. The Morgan fingerprint density at radius 3 is 2.62 bits per heavy atom. The number of hydrogen-bond donors (Lipinski definition) is 3. The van der Waals surface area contributed by atoms with E-state index in [1.807, 2.05) is 0 Å². The van der Waals surface area contributed by atoms with Crippen LogP contribution in [0.1, 0.15) is 0 Å². The van der Waals surface area contributed by atoms with Crippen molar-refractivity contribution in [2.24, 2.45) is 0 Å². The van der Waals surface area contributed by atoms with Gasteiger partial charge in [-0.05, 0) is 13.1 Å². The van der Waals surface area contributed by atoms with E-state index in [1.165, 1.54) is 6.08 Å². The first-order valence-electron chi connectivity index (χ1n) is 2.44. The summed E-state index contributed by atoms with van der Waals surface area (Å²) in [5.41, 5.74) is 0. The van der Waals surface area contributed by atoms with Crippen LogP contribution in [0.15, 0.2) is 12.2 Å². The van der Waals surface area contributed by atoms with Gasteiger partial charge in [-0.25, -0.2) is 0 Å². The summed E-state index contributed by atoms with van der Waals surface area (Å²) in [4.78, 5) is 0. The van der Waals surface area contributed by atoms with Crippen molar-refractivity contribution in [3.63, 3.8) is 0 Å². The topological polar surface area (TPSA) is 52.5 Å². The van der Waals surface area contributed by atoms with Crippen LogP contribution in [0.25, 0.3) is 0 Å². The summed E-state index contributed by atoms with van der Waals surface area (Å²) < 4.78 is 0. The van der Waals surface area contributed by atoms with E-state index < -0.39 is 6.29 Å². The van der Waals surface area contributed by atoms with Crippen LogP contribution in [0, 0.1) is 0 Å². The molecule has 3 N–H and O–H groups in total. The second-order valence-electron chi connectivity index (χ2n) is 1.40. The molecule has 48 valence electrons. The fraction of sp³-hybridized carbons (Fsp3) is 0.600. The Morgan fingerprint density at radius 1 is 1.62 bits per heavy atom. The van der Waals surface area contributed by atoms with E-state index in [4.69, 9.17) is 10.2 Å². The Morgan fingerprint density at radius 2 is 2.25 bits per heavy atom. The molecule has 3 nitrogen and oxygen atoms in total. The van der Waals surface area contributed by atoms with E-state index in [2.05, 4.69) is 5.32 Å². The lowest BCUT2D eigenvalue weighted by atomic mass is 10.5. The minimum atomic E-state index is -1.32. The molecule has 0 unspecified atom stereocenters. The summed E-state index contributed by atoms with van der Waals surface area (Å²) in [6.45, 7) is 0.664. The molecule has 0 heterocycles. The minimum absolute atomic E-state index is 0.664. The predicted molar refractivity (Wildman–Crippen MR) is 31.3 cm³/mol. The Bertz CT molecular complexity index is 70.8. The lowest BCUT2D eigenvalue weighted by Gasteiger charge is -1.91. The van der Waals surface area contributed by atoms with Crippen molar-refractivity contribution >= 4 is 0 Å².